The second-order valence-corrected chi connectivity index (χ2v) is 6.98. The summed E-state index contributed by atoms with van der Waals surface area (Å²) < 4.78 is 5.87. The Morgan fingerprint density at radius 2 is 1.89 bits per heavy atom. The largest absolute Gasteiger partial charge is 0.377 e. The van der Waals surface area contributed by atoms with Crippen LogP contribution in [0.5, 0.6) is 0 Å². The Labute approximate surface area is 115 Å². The van der Waals surface area contributed by atoms with Crippen molar-refractivity contribution < 1.29 is 9.53 Å². The van der Waals surface area contributed by atoms with Crippen LogP contribution in [0.2, 0.25) is 0 Å². The lowest BCUT2D eigenvalue weighted by Crippen LogP contribution is -2.82. The molecular formula is C15H26N2O2. The van der Waals surface area contributed by atoms with Gasteiger partial charge in [-0.05, 0) is 32.1 Å². The van der Waals surface area contributed by atoms with Crippen molar-refractivity contribution in [1.82, 2.24) is 4.90 Å². The molecule has 0 bridgehead atoms. The molecule has 0 radical (unpaired) electrons. The van der Waals surface area contributed by atoms with Crippen LogP contribution >= 0.6 is 0 Å². The molecule has 2 saturated heterocycles. The summed E-state index contributed by atoms with van der Waals surface area (Å²) in [5.41, 5.74) is 5.68. The summed E-state index contributed by atoms with van der Waals surface area (Å²) in [5, 5.41) is 0. The fourth-order valence-corrected chi connectivity index (χ4v) is 4.37. The Morgan fingerprint density at radius 1 is 1.21 bits per heavy atom. The number of hydrogen-bond donors (Lipinski definition) is 1. The van der Waals surface area contributed by atoms with E-state index in [9.17, 15) is 4.79 Å². The van der Waals surface area contributed by atoms with Crippen molar-refractivity contribution in [2.24, 2.45) is 17.1 Å². The molecule has 3 fully saturated rings. The average molecular weight is 266 g/mol. The third kappa shape index (κ3) is 1.69. The number of piperidine rings is 1. The standard InChI is InChI=1S/C15H26N2O2/c1-14(2)12-11(7-6-10-19-12)15(14,16)13(18)17-8-4-3-5-9-17/h11-12H,3-10,16H2,1-2H3. The molecule has 0 aromatic rings. The minimum absolute atomic E-state index is 0.167. The zero-order chi connectivity index (χ0) is 13.7. The first kappa shape index (κ1) is 13.4. The van der Waals surface area contributed by atoms with Crippen molar-refractivity contribution in [1.29, 1.82) is 0 Å². The van der Waals surface area contributed by atoms with E-state index >= 15 is 0 Å². The lowest BCUT2D eigenvalue weighted by atomic mass is 9.46. The van der Waals surface area contributed by atoms with Crippen molar-refractivity contribution in [2.75, 3.05) is 19.7 Å². The first-order valence-electron chi connectivity index (χ1n) is 7.69. The predicted octanol–water partition coefficient (Wildman–Crippen LogP) is 1.53. The Morgan fingerprint density at radius 3 is 2.58 bits per heavy atom. The summed E-state index contributed by atoms with van der Waals surface area (Å²) in [6.45, 7) is 6.78. The number of carbonyl (C=O) groups is 1. The second-order valence-electron chi connectivity index (χ2n) is 6.98. The maximum atomic E-state index is 12.9. The third-order valence-electron chi connectivity index (χ3n) is 5.68. The molecule has 2 aliphatic heterocycles. The molecular weight excluding hydrogens is 240 g/mol. The minimum Gasteiger partial charge on any atom is -0.377 e. The van der Waals surface area contributed by atoms with Gasteiger partial charge in [0.2, 0.25) is 5.91 Å². The van der Waals surface area contributed by atoms with Crippen LogP contribution in [0.4, 0.5) is 0 Å². The molecule has 3 atom stereocenters. The molecule has 0 spiro atoms. The van der Waals surface area contributed by atoms with E-state index in [-0.39, 0.29) is 23.3 Å². The van der Waals surface area contributed by atoms with Gasteiger partial charge >= 0.3 is 0 Å². The average Bonchev–Trinajstić information content (AvgIpc) is 2.46. The molecule has 4 heteroatoms. The third-order valence-corrected chi connectivity index (χ3v) is 5.68. The highest BCUT2D eigenvalue weighted by Gasteiger charge is 2.70. The number of nitrogens with two attached hydrogens (primary N) is 1. The number of rotatable bonds is 1. The van der Waals surface area contributed by atoms with Crippen LogP contribution in [0, 0.1) is 11.3 Å². The smallest absolute Gasteiger partial charge is 0.243 e. The summed E-state index contributed by atoms with van der Waals surface area (Å²) >= 11 is 0. The summed E-state index contributed by atoms with van der Waals surface area (Å²) in [6, 6.07) is 0. The molecule has 19 heavy (non-hydrogen) atoms. The van der Waals surface area contributed by atoms with Gasteiger partial charge in [0.15, 0.2) is 0 Å². The lowest BCUT2D eigenvalue weighted by Gasteiger charge is -2.65. The molecule has 3 aliphatic rings. The topological polar surface area (TPSA) is 55.6 Å². The number of amides is 1. The van der Waals surface area contributed by atoms with Crippen LogP contribution in [-0.4, -0.2) is 42.1 Å². The van der Waals surface area contributed by atoms with Crippen molar-refractivity contribution in [3.05, 3.63) is 0 Å². The zero-order valence-electron chi connectivity index (χ0n) is 12.2. The van der Waals surface area contributed by atoms with Gasteiger partial charge < -0.3 is 15.4 Å². The van der Waals surface area contributed by atoms with Crippen LogP contribution in [0.3, 0.4) is 0 Å². The summed E-state index contributed by atoms with van der Waals surface area (Å²) in [4.78, 5) is 14.9. The van der Waals surface area contributed by atoms with Gasteiger partial charge in [-0.15, -0.1) is 0 Å². The fourth-order valence-electron chi connectivity index (χ4n) is 4.37. The first-order chi connectivity index (χ1) is 8.99. The molecule has 4 nitrogen and oxygen atoms in total. The Balaban J connectivity index is 1.82. The second kappa shape index (κ2) is 4.45. The SMILES string of the molecule is CC1(C)C2OCCCC2C1(N)C(=O)N1CCCCC1. The maximum Gasteiger partial charge on any atom is 0.243 e. The van der Waals surface area contributed by atoms with E-state index in [4.69, 9.17) is 10.5 Å². The van der Waals surface area contributed by atoms with E-state index in [1.54, 1.807) is 0 Å². The van der Waals surface area contributed by atoms with Crippen molar-refractivity contribution >= 4 is 5.91 Å². The van der Waals surface area contributed by atoms with Crippen LogP contribution in [0.1, 0.15) is 46.0 Å². The van der Waals surface area contributed by atoms with E-state index < -0.39 is 5.54 Å². The van der Waals surface area contributed by atoms with Gasteiger partial charge in [0.1, 0.15) is 5.54 Å². The highest BCUT2D eigenvalue weighted by molar-refractivity contribution is 5.89. The summed E-state index contributed by atoms with van der Waals surface area (Å²) in [5.74, 6) is 0.384. The van der Waals surface area contributed by atoms with E-state index in [2.05, 4.69) is 13.8 Å². The minimum atomic E-state index is -0.713. The molecule has 2 heterocycles. The van der Waals surface area contributed by atoms with Crippen LogP contribution in [-0.2, 0) is 9.53 Å². The molecule has 108 valence electrons. The normalized spacial score (nSPS) is 41.3. The molecule has 1 saturated carbocycles. The van der Waals surface area contributed by atoms with Crippen LogP contribution < -0.4 is 5.73 Å². The van der Waals surface area contributed by atoms with Gasteiger partial charge in [0.25, 0.3) is 0 Å². The van der Waals surface area contributed by atoms with E-state index in [0.29, 0.717) is 0 Å². The zero-order valence-corrected chi connectivity index (χ0v) is 12.2. The number of likely N-dealkylation sites (tertiary alicyclic amines) is 1. The highest BCUT2D eigenvalue weighted by Crippen LogP contribution is 2.58. The van der Waals surface area contributed by atoms with Gasteiger partial charge in [-0.3, -0.25) is 4.79 Å². The number of ether oxygens (including phenoxy) is 1. The van der Waals surface area contributed by atoms with Gasteiger partial charge in [0.05, 0.1) is 6.10 Å². The Kier molecular flexibility index (Phi) is 3.13. The Hall–Kier alpha value is -0.610. The van der Waals surface area contributed by atoms with Crippen molar-refractivity contribution in [3.63, 3.8) is 0 Å². The quantitative estimate of drug-likeness (QED) is 0.783. The van der Waals surface area contributed by atoms with Gasteiger partial charge in [-0.1, -0.05) is 13.8 Å². The summed E-state index contributed by atoms with van der Waals surface area (Å²) in [7, 11) is 0. The lowest BCUT2D eigenvalue weighted by molar-refractivity contribution is -0.230. The van der Waals surface area contributed by atoms with E-state index in [0.717, 1.165) is 45.4 Å². The Bertz CT molecular complexity index is 376. The van der Waals surface area contributed by atoms with Crippen molar-refractivity contribution in [3.8, 4) is 0 Å². The molecule has 3 rings (SSSR count). The molecule has 0 aromatic carbocycles. The number of fused-ring (bicyclic) bond motifs is 1. The molecule has 0 aromatic heterocycles. The van der Waals surface area contributed by atoms with E-state index in [1.807, 2.05) is 4.90 Å². The molecule has 2 N–H and O–H groups in total. The maximum absolute atomic E-state index is 12.9. The van der Waals surface area contributed by atoms with E-state index in [1.165, 1.54) is 6.42 Å². The van der Waals surface area contributed by atoms with Gasteiger partial charge in [0, 0.05) is 31.0 Å². The van der Waals surface area contributed by atoms with Gasteiger partial charge in [-0.25, -0.2) is 0 Å². The highest BCUT2D eigenvalue weighted by atomic mass is 16.5. The number of nitrogens with zero attached hydrogens (tertiary/aromatic N) is 1. The molecule has 1 aliphatic carbocycles. The van der Waals surface area contributed by atoms with Crippen LogP contribution in [0.25, 0.3) is 0 Å². The fraction of sp³-hybridized carbons (Fsp3) is 0.933. The number of carbonyl (C=O) groups excluding carboxylic acids is 1. The number of hydrogen-bond acceptors (Lipinski definition) is 3. The van der Waals surface area contributed by atoms with Crippen molar-refractivity contribution in [2.45, 2.75) is 57.6 Å². The first-order valence-corrected chi connectivity index (χ1v) is 7.69. The molecule has 3 unspecified atom stereocenters. The predicted molar refractivity (Wildman–Crippen MR) is 73.6 cm³/mol. The molecule has 1 amide bonds. The summed E-state index contributed by atoms with van der Waals surface area (Å²) in [6.07, 6.45) is 5.70. The van der Waals surface area contributed by atoms with Crippen LogP contribution in [0.15, 0.2) is 0 Å². The van der Waals surface area contributed by atoms with Gasteiger partial charge in [-0.2, -0.15) is 0 Å². The monoisotopic (exact) mass is 266 g/mol.